The van der Waals surface area contributed by atoms with Crippen molar-refractivity contribution in [2.75, 3.05) is 13.1 Å². The van der Waals surface area contributed by atoms with Gasteiger partial charge in [0.1, 0.15) is 4.83 Å². The first kappa shape index (κ1) is 23.2. The second-order valence-corrected chi connectivity index (χ2v) is 8.83. The minimum Gasteiger partial charge on any atom is -0.338 e. The van der Waals surface area contributed by atoms with Crippen molar-refractivity contribution in [1.29, 1.82) is 5.26 Å². The van der Waals surface area contributed by atoms with E-state index in [0.29, 0.717) is 50.6 Å². The Bertz CT molecular complexity index is 1540. The fourth-order valence-electron chi connectivity index (χ4n) is 4.09. The van der Waals surface area contributed by atoms with E-state index < -0.39 is 11.2 Å². The molecule has 1 amide bonds. The molecule has 0 atom stereocenters. The van der Waals surface area contributed by atoms with Crippen LogP contribution in [0.5, 0.6) is 0 Å². The Morgan fingerprint density at radius 1 is 1.03 bits per heavy atom. The van der Waals surface area contributed by atoms with Crippen LogP contribution in [0.2, 0.25) is 0 Å². The van der Waals surface area contributed by atoms with E-state index in [9.17, 15) is 19.6 Å². The van der Waals surface area contributed by atoms with Crippen LogP contribution in [-0.2, 0) is 6.54 Å². The number of nitriles is 1. The van der Waals surface area contributed by atoms with Gasteiger partial charge < -0.3 is 4.90 Å². The van der Waals surface area contributed by atoms with E-state index in [1.54, 1.807) is 60.4 Å². The molecular weight excluding hydrogens is 448 g/mol. The number of carbonyl (C=O) groups is 1. The zero-order valence-electron chi connectivity index (χ0n) is 19.2. The first-order valence-electron chi connectivity index (χ1n) is 11.0. The lowest BCUT2D eigenvalue weighted by atomic mass is 10.1. The van der Waals surface area contributed by atoms with Crippen LogP contribution >= 0.6 is 11.3 Å². The molecule has 0 radical (unpaired) electrons. The molecular formula is C26H24N4O3S. The maximum atomic E-state index is 13.7. The van der Waals surface area contributed by atoms with Crippen LogP contribution in [-0.4, -0.2) is 33.0 Å². The van der Waals surface area contributed by atoms with Crippen LogP contribution in [0.1, 0.15) is 40.2 Å². The zero-order chi connectivity index (χ0) is 24.4. The highest BCUT2D eigenvalue weighted by Crippen LogP contribution is 2.30. The van der Waals surface area contributed by atoms with Gasteiger partial charge in [-0.2, -0.15) is 5.26 Å². The third-order valence-corrected chi connectivity index (χ3v) is 7.24. The molecule has 4 rings (SSSR count). The van der Waals surface area contributed by atoms with Gasteiger partial charge in [0, 0.05) is 13.1 Å². The molecule has 0 aliphatic rings. The summed E-state index contributed by atoms with van der Waals surface area (Å²) in [5.41, 5.74) is 1.16. The SMILES string of the molecule is CCN(CC)C(=O)c1sc2c(c1C)c(=O)n(-c1ccccc1)c(=O)n2Cc1ccccc1C#N. The molecule has 2 aromatic heterocycles. The average molecular weight is 473 g/mol. The lowest BCUT2D eigenvalue weighted by Crippen LogP contribution is -2.39. The van der Waals surface area contributed by atoms with Gasteiger partial charge in [0.15, 0.2) is 0 Å². The highest BCUT2D eigenvalue weighted by molar-refractivity contribution is 7.20. The maximum Gasteiger partial charge on any atom is 0.337 e. The van der Waals surface area contributed by atoms with E-state index >= 15 is 0 Å². The summed E-state index contributed by atoms with van der Waals surface area (Å²) in [4.78, 5) is 43.1. The molecule has 2 heterocycles. The van der Waals surface area contributed by atoms with E-state index in [1.807, 2.05) is 19.9 Å². The molecule has 4 aromatic rings. The molecule has 2 aromatic carbocycles. The predicted octanol–water partition coefficient (Wildman–Crippen LogP) is 3.92. The van der Waals surface area contributed by atoms with Gasteiger partial charge in [0.25, 0.3) is 11.5 Å². The fourth-order valence-corrected chi connectivity index (χ4v) is 5.35. The van der Waals surface area contributed by atoms with Crippen molar-refractivity contribution >= 4 is 27.5 Å². The standard InChI is InChI=1S/C26H24N4O3S/c1-4-28(5-2)24(32)22-17(3)21-23(31)30(20-13-7-6-8-14-20)26(33)29(25(21)34-22)16-19-12-10-9-11-18(19)15-27/h6-14H,4-5,16H2,1-3H3. The van der Waals surface area contributed by atoms with E-state index in [1.165, 1.54) is 4.57 Å². The lowest BCUT2D eigenvalue weighted by molar-refractivity contribution is 0.0777. The molecule has 0 unspecified atom stereocenters. The second-order valence-electron chi connectivity index (χ2n) is 7.83. The van der Waals surface area contributed by atoms with Crippen molar-refractivity contribution in [2.24, 2.45) is 0 Å². The summed E-state index contributed by atoms with van der Waals surface area (Å²) in [7, 11) is 0. The molecule has 0 saturated carbocycles. The quantitative estimate of drug-likeness (QED) is 0.425. The largest absolute Gasteiger partial charge is 0.338 e. The number of fused-ring (bicyclic) bond motifs is 1. The summed E-state index contributed by atoms with van der Waals surface area (Å²) in [6, 6.07) is 18.0. The number of amides is 1. The predicted molar refractivity (Wildman–Crippen MR) is 134 cm³/mol. The molecule has 0 saturated heterocycles. The van der Waals surface area contributed by atoms with Crippen LogP contribution in [0.3, 0.4) is 0 Å². The Hall–Kier alpha value is -3.96. The van der Waals surface area contributed by atoms with Crippen LogP contribution < -0.4 is 11.2 Å². The molecule has 0 aliphatic heterocycles. The summed E-state index contributed by atoms with van der Waals surface area (Å²) in [6.45, 7) is 6.75. The molecule has 0 aliphatic carbocycles. The van der Waals surface area contributed by atoms with E-state index in [0.717, 1.165) is 15.9 Å². The summed E-state index contributed by atoms with van der Waals surface area (Å²) < 4.78 is 2.64. The number of para-hydroxylation sites is 1. The van der Waals surface area contributed by atoms with Crippen molar-refractivity contribution in [2.45, 2.75) is 27.3 Å². The van der Waals surface area contributed by atoms with Gasteiger partial charge in [-0.1, -0.05) is 36.4 Å². The highest BCUT2D eigenvalue weighted by Gasteiger charge is 2.25. The molecule has 7 nitrogen and oxygen atoms in total. The Balaban J connectivity index is 2.07. The molecule has 8 heteroatoms. The van der Waals surface area contributed by atoms with Gasteiger partial charge in [-0.05, 0) is 50.1 Å². The van der Waals surface area contributed by atoms with Crippen molar-refractivity contribution in [3.63, 3.8) is 0 Å². The van der Waals surface area contributed by atoms with Crippen LogP contribution in [0, 0.1) is 18.3 Å². The number of rotatable bonds is 6. The molecule has 0 spiro atoms. The molecule has 0 N–H and O–H groups in total. The monoisotopic (exact) mass is 472 g/mol. The summed E-state index contributed by atoms with van der Waals surface area (Å²) >= 11 is 1.16. The Kier molecular flexibility index (Phi) is 6.48. The Labute approximate surface area is 200 Å². The minimum atomic E-state index is -0.514. The topological polar surface area (TPSA) is 88.1 Å². The van der Waals surface area contributed by atoms with Crippen LogP contribution in [0.25, 0.3) is 15.9 Å². The van der Waals surface area contributed by atoms with E-state index in [4.69, 9.17) is 0 Å². The van der Waals surface area contributed by atoms with Crippen molar-refractivity contribution in [3.8, 4) is 11.8 Å². The van der Waals surface area contributed by atoms with E-state index in [2.05, 4.69) is 6.07 Å². The van der Waals surface area contributed by atoms with Gasteiger partial charge in [0.05, 0.1) is 34.1 Å². The zero-order valence-corrected chi connectivity index (χ0v) is 20.1. The first-order valence-corrected chi connectivity index (χ1v) is 11.9. The lowest BCUT2D eigenvalue weighted by Gasteiger charge is -2.17. The van der Waals surface area contributed by atoms with Crippen LogP contribution in [0.15, 0.2) is 64.2 Å². The van der Waals surface area contributed by atoms with Crippen molar-refractivity contribution in [3.05, 3.63) is 97.0 Å². The Morgan fingerprint density at radius 2 is 1.68 bits per heavy atom. The van der Waals surface area contributed by atoms with Gasteiger partial charge >= 0.3 is 5.69 Å². The smallest absolute Gasteiger partial charge is 0.337 e. The number of aryl methyl sites for hydroxylation is 1. The van der Waals surface area contributed by atoms with Crippen molar-refractivity contribution < 1.29 is 4.79 Å². The summed E-state index contributed by atoms with van der Waals surface area (Å²) in [5, 5.41) is 9.90. The average Bonchev–Trinajstić information content (AvgIpc) is 3.20. The van der Waals surface area contributed by atoms with Gasteiger partial charge in [0.2, 0.25) is 0 Å². The number of nitrogens with zero attached hydrogens (tertiary/aromatic N) is 4. The number of benzene rings is 2. The molecule has 0 fully saturated rings. The molecule has 172 valence electrons. The minimum absolute atomic E-state index is 0.102. The van der Waals surface area contributed by atoms with E-state index in [-0.39, 0.29) is 12.5 Å². The number of carbonyl (C=O) groups excluding carboxylic acids is 1. The first-order chi connectivity index (χ1) is 16.4. The van der Waals surface area contributed by atoms with Gasteiger partial charge in [-0.15, -0.1) is 11.3 Å². The summed E-state index contributed by atoms with van der Waals surface area (Å²) in [6.07, 6.45) is 0. The highest BCUT2D eigenvalue weighted by atomic mass is 32.1. The van der Waals surface area contributed by atoms with Gasteiger partial charge in [-0.3, -0.25) is 14.2 Å². The molecule has 34 heavy (non-hydrogen) atoms. The van der Waals surface area contributed by atoms with Crippen LogP contribution in [0.4, 0.5) is 0 Å². The number of aromatic nitrogens is 2. The van der Waals surface area contributed by atoms with Crippen molar-refractivity contribution in [1.82, 2.24) is 14.0 Å². The Morgan fingerprint density at radius 3 is 2.32 bits per heavy atom. The molecule has 0 bridgehead atoms. The normalized spacial score (nSPS) is 10.9. The van der Waals surface area contributed by atoms with Gasteiger partial charge in [-0.25, -0.2) is 9.36 Å². The maximum absolute atomic E-state index is 13.7. The fraction of sp³-hybridized carbons (Fsp3) is 0.231. The number of hydrogen-bond acceptors (Lipinski definition) is 5. The second kappa shape index (κ2) is 9.49. The third kappa shape index (κ3) is 3.84. The third-order valence-electron chi connectivity index (χ3n) is 5.94. The number of thiophene rings is 1. The summed E-state index contributed by atoms with van der Waals surface area (Å²) in [5.74, 6) is -0.161. The number of hydrogen-bond donors (Lipinski definition) is 0.